The molecule has 2 rings (SSSR count). The predicted molar refractivity (Wildman–Crippen MR) is 118 cm³/mol. The van der Waals surface area contributed by atoms with Gasteiger partial charge in [-0.1, -0.05) is 38.5 Å². The summed E-state index contributed by atoms with van der Waals surface area (Å²) < 4.78 is 0. The third-order valence-electron chi connectivity index (χ3n) is 5.51. The maximum atomic E-state index is 13.0. The SMILES string of the molecule is CCC(C)C(NC(=O)C(Cc1c[nH]c2ccccc12)NC(=O)C(N)CCC(=O)O)C(=O)O. The van der Waals surface area contributed by atoms with Crippen LogP contribution in [0.5, 0.6) is 0 Å². The number of aliphatic carboxylic acids is 2. The summed E-state index contributed by atoms with van der Waals surface area (Å²) in [4.78, 5) is 51.1. The average Bonchev–Trinajstić information content (AvgIpc) is 3.17. The van der Waals surface area contributed by atoms with Crippen LogP contribution in [0.25, 0.3) is 10.9 Å². The molecule has 4 atom stereocenters. The summed E-state index contributed by atoms with van der Waals surface area (Å²) in [7, 11) is 0. The van der Waals surface area contributed by atoms with E-state index < -0.39 is 41.9 Å². The van der Waals surface area contributed by atoms with Crippen LogP contribution in [0.1, 0.15) is 38.7 Å². The zero-order valence-corrected chi connectivity index (χ0v) is 18.1. The van der Waals surface area contributed by atoms with Gasteiger partial charge in [0, 0.05) is 29.9 Å². The Balaban J connectivity index is 2.24. The van der Waals surface area contributed by atoms with Gasteiger partial charge in [-0.15, -0.1) is 0 Å². The molecule has 1 heterocycles. The van der Waals surface area contributed by atoms with Gasteiger partial charge in [0.05, 0.1) is 6.04 Å². The number of hydrogen-bond donors (Lipinski definition) is 6. The maximum absolute atomic E-state index is 13.0. The number of carboxylic acids is 2. The number of aromatic amines is 1. The van der Waals surface area contributed by atoms with E-state index in [-0.39, 0.29) is 25.2 Å². The molecular weight excluding hydrogens is 416 g/mol. The van der Waals surface area contributed by atoms with Crippen molar-refractivity contribution in [1.29, 1.82) is 0 Å². The van der Waals surface area contributed by atoms with Crippen molar-refractivity contribution >= 4 is 34.7 Å². The molecule has 0 bridgehead atoms. The molecule has 2 amide bonds. The molecule has 1 aromatic heterocycles. The third kappa shape index (κ3) is 6.55. The molecular formula is C22H30N4O6. The highest BCUT2D eigenvalue weighted by molar-refractivity contribution is 5.93. The van der Waals surface area contributed by atoms with Crippen LogP contribution in [0, 0.1) is 5.92 Å². The lowest BCUT2D eigenvalue weighted by atomic mass is 9.98. The highest BCUT2D eigenvalue weighted by Crippen LogP contribution is 2.19. The normalized spacial score (nSPS) is 14.8. The Morgan fingerprint density at radius 2 is 1.78 bits per heavy atom. The summed E-state index contributed by atoms with van der Waals surface area (Å²) in [5, 5.41) is 24.3. The lowest BCUT2D eigenvalue weighted by Gasteiger charge is -2.25. The number of aromatic nitrogens is 1. The van der Waals surface area contributed by atoms with E-state index in [2.05, 4.69) is 15.6 Å². The summed E-state index contributed by atoms with van der Waals surface area (Å²) in [5.74, 6) is -3.90. The number of carboxylic acid groups (broad SMARTS) is 2. The Bertz CT molecular complexity index is 972. The van der Waals surface area contributed by atoms with Crippen molar-refractivity contribution in [3.8, 4) is 0 Å². The summed E-state index contributed by atoms with van der Waals surface area (Å²) in [6.07, 6.45) is 1.98. The van der Waals surface area contributed by atoms with Crippen molar-refractivity contribution in [2.45, 2.75) is 57.7 Å². The zero-order valence-electron chi connectivity index (χ0n) is 18.1. The molecule has 0 aliphatic heterocycles. The molecule has 0 saturated heterocycles. The van der Waals surface area contributed by atoms with Gasteiger partial charge in [0.15, 0.2) is 0 Å². The van der Waals surface area contributed by atoms with Gasteiger partial charge in [0.1, 0.15) is 12.1 Å². The largest absolute Gasteiger partial charge is 0.481 e. The number of para-hydroxylation sites is 1. The Hall–Kier alpha value is -3.40. The fraction of sp³-hybridized carbons (Fsp3) is 0.455. The lowest BCUT2D eigenvalue weighted by Crippen LogP contribution is -2.56. The van der Waals surface area contributed by atoms with Crippen LogP contribution >= 0.6 is 0 Å². The van der Waals surface area contributed by atoms with Gasteiger partial charge in [0.2, 0.25) is 11.8 Å². The molecule has 0 saturated carbocycles. The van der Waals surface area contributed by atoms with Gasteiger partial charge in [-0.25, -0.2) is 4.79 Å². The number of H-pyrrole nitrogens is 1. The molecule has 10 heteroatoms. The number of fused-ring (bicyclic) bond motifs is 1. The minimum Gasteiger partial charge on any atom is -0.481 e. The predicted octanol–water partition coefficient (Wildman–Crippen LogP) is 1.00. The van der Waals surface area contributed by atoms with E-state index in [0.717, 1.165) is 16.5 Å². The third-order valence-corrected chi connectivity index (χ3v) is 5.51. The summed E-state index contributed by atoms with van der Waals surface area (Å²) in [5.41, 5.74) is 7.41. The quantitative estimate of drug-likeness (QED) is 0.282. The van der Waals surface area contributed by atoms with Gasteiger partial charge in [-0.3, -0.25) is 14.4 Å². The summed E-state index contributed by atoms with van der Waals surface area (Å²) >= 11 is 0. The minimum absolute atomic E-state index is 0.0901. The molecule has 7 N–H and O–H groups in total. The van der Waals surface area contributed by atoms with Gasteiger partial charge in [-0.05, 0) is 24.0 Å². The standard InChI is InChI=1S/C22H30N4O6/c1-3-12(2)19(22(31)32)26-21(30)17(25-20(29)15(23)8-9-18(27)28)10-13-11-24-16-7-5-4-6-14(13)16/h4-7,11-12,15,17,19,24H,3,8-10,23H2,1-2H3,(H,25,29)(H,26,30)(H,27,28)(H,31,32). The topological polar surface area (TPSA) is 175 Å². The van der Waals surface area contributed by atoms with Gasteiger partial charge >= 0.3 is 11.9 Å². The van der Waals surface area contributed by atoms with Gasteiger partial charge in [0.25, 0.3) is 0 Å². The van der Waals surface area contributed by atoms with Crippen molar-refractivity contribution < 1.29 is 29.4 Å². The second-order valence-electron chi connectivity index (χ2n) is 7.87. The van der Waals surface area contributed by atoms with Crippen LogP contribution in [-0.2, 0) is 25.6 Å². The highest BCUT2D eigenvalue weighted by Gasteiger charge is 2.31. The summed E-state index contributed by atoms with van der Waals surface area (Å²) in [6.45, 7) is 3.54. The lowest BCUT2D eigenvalue weighted by molar-refractivity contribution is -0.143. The fourth-order valence-electron chi connectivity index (χ4n) is 3.36. The maximum Gasteiger partial charge on any atom is 0.326 e. The number of nitrogens with two attached hydrogens (primary N) is 1. The Labute approximate surface area is 185 Å². The van der Waals surface area contributed by atoms with Crippen LogP contribution in [0.15, 0.2) is 30.5 Å². The van der Waals surface area contributed by atoms with Gasteiger partial charge < -0.3 is 31.6 Å². The number of hydrogen-bond acceptors (Lipinski definition) is 5. The Morgan fingerprint density at radius 3 is 2.41 bits per heavy atom. The van der Waals surface area contributed by atoms with Crippen molar-refractivity contribution in [2.75, 3.05) is 0 Å². The molecule has 4 unspecified atom stereocenters. The van der Waals surface area contributed by atoms with Crippen LogP contribution in [0.3, 0.4) is 0 Å². The van der Waals surface area contributed by atoms with E-state index in [0.29, 0.717) is 6.42 Å². The molecule has 0 spiro atoms. The van der Waals surface area contributed by atoms with E-state index in [1.807, 2.05) is 31.2 Å². The molecule has 0 fully saturated rings. The van der Waals surface area contributed by atoms with Crippen molar-refractivity contribution in [2.24, 2.45) is 11.7 Å². The first-order valence-electron chi connectivity index (χ1n) is 10.5. The van der Waals surface area contributed by atoms with Crippen molar-refractivity contribution in [1.82, 2.24) is 15.6 Å². The van der Waals surface area contributed by atoms with E-state index >= 15 is 0 Å². The molecule has 174 valence electrons. The number of carbonyl (C=O) groups excluding carboxylic acids is 2. The average molecular weight is 447 g/mol. The molecule has 1 aromatic carbocycles. The van der Waals surface area contributed by atoms with Crippen LogP contribution in [-0.4, -0.2) is 57.1 Å². The number of benzene rings is 1. The molecule has 2 aromatic rings. The second kappa shape index (κ2) is 11.3. The van der Waals surface area contributed by atoms with E-state index in [9.17, 15) is 24.3 Å². The Morgan fingerprint density at radius 1 is 1.09 bits per heavy atom. The first-order valence-corrected chi connectivity index (χ1v) is 10.5. The van der Waals surface area contributed by atoms with E-state index in [4.69, 9.17) is 10.8 Å². The highest BCUT2D eigenvalue weighted by atomic mass is 16.4. The second-order valence-corrected chi connectivity index (χ2v) is 7.87. The smallest absolute Gasteiger partial charge is 0.326 e. The number of rotatable bonds is 12. The first-order chi connectivity index (χ1) is 15.1. The fourth-order valence-corrected chi connectivity index (χ4v) is 3.36. The molecule has 0 radical (unpaired) electrons. The van der Waals surface area contributed by atoms with E-state index in [1.165, 1.54) is 0 Å². The van der Waals surface area contributed by atoms with Crippen molar-refractivity contribution in [3.63, 3.8) is 0 Å². The molecule has 0 aliphatic rings. The monoisotopic (exact) mass is 446 g/mol. The summed E-state index contributed by atoms with van der Waals surface area (Å²) in [6, 6.07) is 4.12. The van der Waals surface area contributed by atoms with Gasteiger partial charge in [-0.2, -0.15) is 0 Å². The molecule has 10 nitrogen and oxygen atoms in total. The number of amides is 2. The van der Waals surface area contributed by atoms with Crippen molar-refractivity contribution in [3.05, 3.63) is 36.0 Å². The first kappa shape index (κ1) is 24.9. The van der Waals surface area contributed by atoms with E-state index in [1.54, 1.807) is 13.1 Å². The van der Waals surface area contributed by atoms with Crippen LogP contribution in [0.2, 0.25) is 0 Å². The van der Waals surface area contributed by atoms with Crippen LogP contribution in [0.4, 0.5) is 0 Å². The Kier molecular flexibility index (Phi) is 8.77. The minimum atomic E-state index is -1.16. The van der Waals surface area contributed by atoms with Crippen LogP contribution < -0.4 is 16.4 Å². The molecule has 32 heavy (non-hydrogen) atoms. The molecule has 0 aliphatic carbocycles. The number of nitrogens with one attached hydrogen (secondary N) is 3. The zero-order chi connectivity index (χ0) is 23.8. The number of carbonyl (C=O) groups is 4.